The van der Waals surface area contributed by atoms with E-state index in [0.29, 0.717) is 12.2 Å². The fourth-order valence-electron chi connectivity index (χ4n) is 3.60. The van der Waals surface area contributed by atoms with E-state index >= 15 is 0 Å². The van der Waals surface area contributed by atoms with Gasteiger partial charge in [0.05, 0.1) is 12.2 Å². The first-order valence-corrected chi connectivity index (χ1v) is 12.3. The van der Waals surface area contributed by atoms with E-state index in [9.17, 15) is 9.90 Å². The van der Waals surface area contributed by atoms with Crippen LogP contribution in [0.15, 0.2) is 36.4 Å². The maximum atomic E-state index is 11.3. The molecule has 0 spiro atoms. The molecule has 27 heavy (non-hydrogen) atoms. The van der Waals surface area contributed by atoms with Crippen molar-refractivity contribution in [3.8, 4) is 0 Å². The summed E-state index contributed by atoms with van der Waals surface area (Å²) in [6.45, 7) is 11.8. The molecule has 2 atom stereocenters. The molecule has 5 heteroatoms. The van der Waals surface area contributed by atoms with Gasteiger partial charge in [0.25, 0.3) is 0 Å². The third-order valence-corrected chi connectivity index (χ3v) is 10.8. The van der Waals surface area contributed by atoms with Gasteiger partial charge in [0.2, 0.25) is 0 Å². The van der Waals surface area contributed by atoms with Crippen LogP contribution < -0.4 is 0 Å². The Bertz CT molecular complexity index is 926. The van der Waals surface area contributed by atoms with Crippen LogP contribution in [0, 0.1) is 0 Å². The second-order valence-corrected chi connectivity index (χ2v) is 13.9. The van der Waals surface area contributed by atoms with Gasteiger partial charge < -0.3 is 14.3 Å². The van der Waals surface area contributed by atoms with Gasteiger partial charge in [-0.05, 0) is 58.1 Å². The van der Waals surface area contributed by atoms with Crippen LogP contribution in [0.2, 0.25) is 18.1 Å². The molecule has 0 saturated heterocycles. The summed E-state index contributed by atoms with van der Waals surface area (Å²) >= 11 is 0. The van der Waals surface area contributed by atoms with Crippen molar-refractivity contribution in [1.82, 2.24) is 0 Å². The van der Waals surface area contributed by atoms with Crippen LogP contribution in [0.4, 0.5) is 0 Å². The maximum Gasteiger partial charge on any atom is 0.335 e. The van der Waals surface area contributed by atoms with E-state index in [1.54, 1.807) is 12.1 Å². The third kappa shape index (κ3) is 2.94. The molecule has 0 saturated carbocycles. The highest BCUT2D eigenvalue weighted by molar-refractivity contribution is 6.74. The average Bonchev–Trinajstić information content (AvgIpc) is 3.15. The molecule has 0 aliphatic carbocycles. The minimum Gasteiger partial charge on any atom is -0.478 e. The molecule has 2 aliphatic heterocycles. The standard InChI is InChI=1S/C22H26O4Si/c1-22(2,3)27(4,5)25-12-13-6-8-15-17(10-13)20-18-11-14(21(23)24)7-9-16(18)19(15)26-20/h6-11,19-20H,12H2,1-5H3,(H,23,24)/t19-,20?/m0/s1. The van der Waals surface area contributed by atoms with E-state index in [0.717, 1.165) is 22.3 Å². The molecule has 0 aromatic heterocycles. The Balaban J connectivity index is 1.61. The summed E-state index contributed by atoms with van der Waals surface area (Å²) < 4.78 is 12.5. The number of fused-ring (bicyclic) bond motifs is 8. The number of benzene rings is 2. The minimum atomic E-state index is -1.80. The molecule has 2 heterocycles. The molecule has 2 aromatic carbocycles. The highest BCUT2D eigenvalue weighted by Gasteiger charge is 2.43. The molecule has 2 bridgehead atoms. The third-order valence-electron chi connectivity index (χ3n) is 6.29. The topological polar surface area (TPSA) is 55.8 Å². The van der Waals surface area contributed by atoms with Gasteiger partial charge in [-0.3, -0.25) is 0 Å². The molecular formula is C22H26O4Si. The number of hydrogen-bond donors (Lipinski definition) is 1. The number of hydrogen-bond acceptors (Lipinski definition) is 3. The van der Waals surface area contributed by atoms with Gasteiger partial charge in [-0.1, -0.05) is 45.0 Å². The van der Waals surface area contributed by atoms with Crippen LogP contribution in [-0.4, -0.2) is 19.4 Å². The van der Waals surface area contributed by atoms with Crippen LogP contribution in [0.25, 0.3) is 0 Å². The van der Waals surface area contributed by atoms with E-state index in [1.807, 2.05) is 6.07 Å². The Kier molecular flexibility index (Phi) is 4.11. The molecule has 4 rings (SSSR count). The van der Waals surface area contributed by atoms with E-state index in [-0.39, 0.29) is 17.2 Å². The second-order valence-electron chi connectivity index (χ2n) is 9.06. The van der Waals surface area contributed by atoms with Crippen molar-refractivity contribution in [2.75, 3.05) is 0 Å². The maximum absolute atomic E-state index is 11.3. The molecule has 0 amide bonds. The van der Waals surface area contributed by atoms with Gasteiger partial charge in [-0.15, -0.1) is 0 Å². The first kappa shape index (κ1) is 18.4. The monoisotopic (exact) mass is 382 g/mol. The van der Waals surface area contributed by atoms with Crippen molar-refractivity contribution >= 4 is 14.3 Å². The lowest BCUT2D eigenvalue weighted by Crippen LogP contribution is -2.40. The van der Waals surface area contributed by atoms with Crippen LogP contribution in [0.5, 0.6) is 0 Å². The van der Waals surface area contributed by atoms with Crippen molar-refractivity contribution < 1.29 is 19.1 Å². The second kappa shape index (κ2) is 6.02. The number of ether oxygens (including phenoxy) is 1. The molecule has 142 valence electrons. The quantitative estimate of drug-likeness (QED) is 0.717. The van der Waals surface area contributed by atoms with Crippen molar-refractivity contribution in [3.05, 3.63) is 69.8 Å². The van der Waals surface area contributed by atoms with Crippen LogP contribution >= 0.6 is 0 Å². The van der Waals surface area contributed by atoms with Gasteiger partial charge in [0, 0.05) is 0 Å². The lowest BCUT2D eigenvalue weighted by Gasteiger charge is -2.36. The molecule has 2 aliphatic rings. The SMILES string of the molecule is CC(C)(C)[Si](C)(C)OCc1ccc2c(c1)C1O[C@@H]2c2ccc(C(=O)O)cc21. The summed E-state index contributed by atoms with van der Waals surface area (Å²) in [7, 11) is -1.80. The van der Waals surface area contributed by atoms with E-state index in [2.05, 4.69) is 52.1 Å². The summed E-state index contributed by atoms with van der Waals surface area (Å²) in [5.41, 5.74) is 5.85. The number of carbonyl (C=O) groups is 1. The molecule has 2 aromatic rings. The zero-order valence-corrected chi connectivity index (χ0v) is 17.5. The molecular weight excluding hydrogens is 356 g/mol. The normalized spacial score (nSPS) is 20.5. The Morgan fingerprint density at radius 3 is 2.26 bits per heavy atom. The lowest BCUT2D eigenvalue weighted by molar-refractivity contribution is 0.0696. The Morgan fingerprint density at radius 2 is 1.63 bits per heavy atom. The number of carboxylic acids is 1. The van der Waals surface area contributed by atoms with Crippen molar-refractivity contribution in [3.63, 3.8) is 0 Å². The largest absolute Gasteiger partial charge is 0.478 e. The highest BCUT2D eigenvalue weighted by Crippen LogP contribution is 2.54. The van der Waals surface area contributed by atoms with Gasteiger partial charge in [0.15, 0.2) is 8.32 Å². The first-order chi connectivity index (χ1) is 12.6. The van der Waals surface area contributed by atoms with Crippen molar-refractivity contribution in [2.45, 2.75) is 57.7 Å². The average molecular weight is 383 g/mol. The van der Waals surface area contributed by atoms with Gasteiger partial charge in [-0.25, -0.2) is 4.79 Å². The zero-order chi connectivity index (χ0) is 19.6. The summed E-state index contributed by atoms with van der Waals surface area (Å²) in [5, 5.41) is 9.46. The summed E-state index contributed by atoms with van der Waals surface area (Å²) in [6, 6.07) is 11.7. The highest BCUT2D eigenvalue weighted by atomic mass is 28.4. The lowest BCUT2D eigenvalue weighted by atomic mass is 9.84. The smallest absolute Gasteiger partial charge is 0.335 e. The van der Waals surface area contributed by atoms with Crippen molar-refractivity contribution in [2.24, 2.45) is 0 Å². The fraction of sp³-hybridized carbons (Fsp3) is 0.409. The fourth-order valence-corrected chi connectivity index (χ4v) is 4.56. The minimum absolute atomic E-state index is 0.0850. The van der Waals surface area contributed by atoms with Gasteiger partial charge in [-0.2, -0.15) is 0 Å². The van der Waals surface area contributed by atoms with E-state index in [4.69, 9.17) is 9.16 Å². The summed E-state index contributed by atoms with van der Waals surface area (Å²) in [5.74, 6) is -0.905. The van der Waals surface area contributed by atoms with Crippen LogP contribution in [-0.2, 0) is 15.8 Å². The molecule has 1 unspecified atom stereocenters. The van der Waals surface area contributed by atoms with Crippen LogP contribution in [0.3, 0.4) is 0 Å². The number of aromatic carboxylic acids is 1. The van der Waals surface area contributed by atoms with Gasteiger partial charge >= 0.3 is 5.97 Å². The molecule has 0 radical (unpaired) electrons. The first-order valence-electron chi connectivity index (χ1n) is 9.38. The molecule has 4 nitrogen and oxygen atoms in total. The Labute approximate surface area is 161 Å². The van der Waals surface area contributed by atoms with Crippen LogP contribution in [0.1, 0.15) is 71.2 Å². The van der Waals surface area contributed by atoms with Crippen molar-refractivity contribution in [1.29, 1.82) is 0 Å². The van der Waals surface area contributed by atoms with E-state index < -0.39 is 14.3 Å². The zero-order valence-electron chi connectivity index (χ0n) is 16.5. The molecule has 1 N–H and O–H groups in total. The number of rotatable bonds is 4. The summed E-state index contributed by atoms with van der Waals surface area (Å²) in [6.07, 6.45) is -0.259. The predicted molar refractivity (Wildman–Crippen MR) is 107 cm³/mol. The number of carboxylic acid groups (broad SMARTS) is 1. The Hall–Kier alpha value is -1.95. The Morgan fingerprint density at radius 1 is 1.04 bits per heavy atom. The summed E-state index contributed by atoms with van der Waals surface area (Å²) in [4.78, 5) is 11.3. The predicted octanol–water partition coefficient (Wildman–Crippen LogP) is 5.43. The van der Waals surface area contributed by atoms with E-state index in [1.165, 1.54) is 5.56 Å². The molecule has 0 fully saturated rings. The van der Waals surface area contributed by atoms with Gasteiger partial charge in [0.1, 0.15) is 12.2 Å².